The van der Waals surface area contributed by atoms with Crippen LogP contribution in [0.25, 0.3) is 0 Å². The molecule has 1 heterocycles. The third kappa shape index (κ3) is 2.19. The van der Waals surface area contributed by atoms with Crippen LogP contribution >= 0.6 is 0 Å². The fraction of sp³-hybridized carbons (Fsp3) is 1.00. The molecule has 0 aliphatic carbocycles. The van der Waals surface area contributed by atoms with Crippen molar-refractivity contribution in [3.8, 4) is 0 Å². The zero-order valence-corrected chi connectivity index (χ0v) is 8.14. The first-order valence-electron chi connectivity index (χ1n) is 5.02. The van der Waals surface area contributed by atoms with Gasteiger partial charge in [0, 0.05) is 12.6 Å². The lowest BCUT2D eigenvalue weighted by Gasteiger charge is -2.36. The number of nitrogens with zero attached hydrogens (tertiary/aromatic N) is 1. The summed E-state index contributed by atoms with van der Waals surface area (Å²) in [6, 6.07) is 0.836. The van der Waals surface area contributed by atoms with Crippen LogP contribution in [0.5, 0.6) is 0 Å². The normalized spacial score (nSPS) is 34.1. The van der Waals surface area contributed by atoms with Gasteiger partial charge in [-0.1, -0.05) is 20.3 Å². The van der Waals surface area contributed by atoms with Gasteiger partial charge in [0.1, 0.15) is 0 Å². The van der Waals surface area contributed by atoms with E-state index < -0.39 is 0 Å². The second-order valence-corrected chi connectivity index (χ2v) is 3.79. The van der Waals surface area contributed by atoms with E-state index in [9.17, 15) is 0 Å². The van der Waals surface area contributed by atoms with Gasteiger partial charge < -0.3 is 4.90 Å². The molecule has 11 heavy (non-hydrogen) atoms. The Balaban J connectivity index is 2.37. The minimum Gasteiger partial charge on any atom is -0.301 e. The summed E-state index contributed by atoms with van der Waals surface area (Å²) in [4.78, 5) is 2.61. The second kappa shape index (κ2) is 4.10. The van der Waals surface area contributed by atoms with E-state index in [1.165, 1.54) is 32.4 Å². The lowest BCUT2D eigenvalue weighted by molar-refractivity contribution is 0.122. The van der Waals surface area contributed by atoms with Gasteiger partial charge in [-0.05, 0) is 32.2 Å². The van der Waals surface area contributed by atoms with Gasteiger partial charge in [-0.25, -0.2) is 0 Å². The van der Waals surface area contributed by atoms with Crippen LogP contribution in [0, 0.1) is 5.92 Å². The van der Waals surface area contributed by atoms with Crippen LogP contribution in [0.15, 0.2) is 0 Å². The summed E-state index contributed by atoms with van der Waals surface area (Å²) in [5.74, 6) is 0.978. The van der Waals surface area contributed by atoms with Crippen LogP contribution in [0.4, 0.5) is 0 Å². The quantitative estimate of drug-likeness (QED) is 0.592. The number of likely N-dealkylation sites (tertiary alicyclic amines) is 1. The summed E-state index contributed by atoms with van der Waals surface area (Å²) < 4.78 is 0. The van der Waals surface area contributed by atoms with Gasteiger partial charge in [0.25, 0.3) is 0 Å². The molecule has 0 radical (unpaired) electrons. The Hall–Kier alpha value is -0.0400. The highest BCUT2D eigenvalue weighted by molar-refractivity contribution is 4.76. The zero-order valence-electron chi connectivity index (χ0n) is 8.14. The monoisotopic (exact) mass is 155 g/mol. The van der Waals surface area contributed by atoms with Crippen molar-refractivity contribution in [2.24, 2.45) is 5.92 Å². The molecular weight excluding hydrogens is 134 g/mol. The molecule has 1 fully saturated rings. The van der Waals surface area contributed by atoms with E-state index in [4.69, 9.17) is 0 Å². The molecule has 0 unspecified atom stereocenters. The zero-order chi connectivity index (χ0) is 8.27. The van der Waals surface area contributed by atoms with Crippen molar-refractivity contribution in [1.29, 1.82) is 0 Å². The van der Waals surface area contributed by atoms with E-state index in [0.717, 1.165) is 12.0 Å². The summed E-state index contributed by atoms with van der Waals surface area (Å²) in [5, 5.41) is 0. The first-order valence-corrected chi connectivity index (χ1v) is 5.02. The third-order valence-corrected chi connectivity index (χ3v) is 3.09. The lowest BCUT2D eigenvalue weighted by atomic mass is 9.92. The largest absolute Gasteiger partial charge is 0.301 e. The predicted molar refractivity (Wildman–Crippen MR) is 49.7 cm³/mol. The van der Waals surface area contributed by atoms with Crippen LogP contribution in [-0.2, 0) is 0 Å². The predicted octanol–water partition coefficient (Wildman–Crippen LogP) is 2.52. The van der Waals surface area contributed by atoms with Gasteiger partial charge in [0.15, 0.2) is 0 Å². The SMILES string of the molecule is CC[C@H]1CC[C@@H](C)N(CC)C1. The molecule has 66 valence electrons. The van der Waals surface area contributed by atoms with Crippen molar-refractivity contribution in [1.82, 2.24) is 4.90 Å². The fourth-order valence-corrected chi connectivity index (χ4v) is 2.04. The van der Waals surface area contributed by atoms with Crippen molar-refractivity contribution in [3.05, 3.63) is 0 Å². The van der Waals surface area contributed by atoms with Gasteiger partial charge in [0.05, 0.1) is 0 Å². The van der Waals surface area contributed by atoms with Crippen LogP contribution in [0.3, 0.4) is 0 Å². The molecule has 0 aromatic rings. The van der Waals surface area contributed by atoms with Gasteiger partial charge in [0.2, 0.25) is 0 Å². The van der Waals surface area contributed by atoms with E-state index in [2.05, 4.69) is 25.7 Å². The van der Waals surface area contributed by atoms with Crippen molar-refractivity contribution in [2.75, 3.05) is 13.1 Å². The van der Waals surface area contributed by atoms with Crippen LogP contribution in [0.1, 0.15) is 40.0 Å². The standard InChI is InChI=1S/C10H21N/c1-4-10-7-6-9(3)11(5-2)8-10/h9-10H,4-8H2,1-3H3/t9-,10+/m1/s1. The maximum Gasteiger partial charge on any atom is 0.00670 e. The lowest BCUT2D eigenvalue weighted by Crippen LogP contribution is -2.41. The average molecular weight is 155 g/mol. The Labute approximate surface area is 70.8 Å². The molecular formula is C10H21N. The van der Waals surface area contributed by atoms with Crippen molar-refractivity contribution in [3.63, 3.8) is 0 Å². The maximum atomic E-state index is 2.61. The first-order chi connectivity index (χ1) is 5.27. The van der Waals surface area contributed by atoms with Gasteiger partial charge in [-0.2, -0.15) is 0 Å². The molecule has 1 nitrogen and oxygen atoms in total. The number of hydrogen-bond donors (Lipinski definition) is 0. The van der Waals surface area contributed by atoms with Gasteiger partial charge in [-0.15, -0.1) is 0 Å². The van der Waals surface area contributed by atoms with Crippen molar-refractivity contribution in [2.45, 2.75) is 46.1 Å². The summed E-state index contributed by atoms with van der Waals surface area (Å²) in [7, 11) is 0. The smallest absolute Gasteiger partial charge is 0.00670 e. The Kier molecular flexibility index (Phi) is 3.38. The van der Waals surface area contributed by atoms with E-state index in [1.54, 1.807) is 0 Å². The molecule has 1 saturated heterocycles. The molecule has 0 spiro atoms. The average Bonchev–Trinajstić information content (AvgIpc) is 2.05. The molecule has 0 bridgehead atoms. The van der Waals surface area contributed by atoms with Crippen LogP contribution in [-0.4, -0.2) is 24.0 Å². The molecule has 0 aromatic carbocycles. The molecule has 1 aliphatic rings. The molecule has 2 atom stereocenters. The topological polar surface area (TPSA) is 3.24 Å². The molecule has 1 rings (SSSR count). The molecule has 0 N–H and O–H groups in total. The van der Waals surface area contributed by atoms with E-state index in [-0.39, 0.29) is 0 Å². The van der Waals surface area contributed by atoms with Crippen LogP contribution < -0.4 is 0 Å². The molecule has 0 amide bonds. The van der Waals surface area contributed by atoms with Gasteiger partial charge in [-0.3, -0.25) is 0 Å². The summed E-state index contributed by atoms with van der Waals surface area (Å²) in [6.45, 7) is 9.52. The highest BCUT2D eigenvalue weighted by Crippen LogP contribution is 2.23. The minimum absolute atomic E-state index is 0.836. The number of hydrogen-bond acceptors (Lipinski definition) is 1. The van der Waals surface area contributed by atoms with E-state index in [1.807, 2.05) is 0 Å². The summed E-state index contributed by atoms with van der Waals surface area (Å²) in [6.07, 6.45) is 4.23. The number of rotatable bonds is 2. The highest BCUT2D eigenvalue weighted by Gasteiger charge is 2.22. The fourth-order valence-electron chi connectivity index (χ4n) is 2.04. The second-order valence-electron chi connectivity index (χ2n) is 3.79. The Morgan fingerprint density at radius 1 is 1.27 bits per heavy atom. The molecule has 0 saturated carbocycles. The Morgan fingerprint density at radius 3 is 2.55 bits per heavy atom. The minimum atomic E-state index is 0.836. The maximum absolute atomic E-state index is 2.61. The molecule has 1 aliphatic heterocycles. The Bertz CT molecular complexity index is 111. The number of piperidine rings is 1. The van der Waals surface area contributed by atoms with Crippen molar-refractivity contribution >= 4 is 0 Å². The van der Waals surface area contributed by atoms with Crippen LogP contribution in [0.2, 0.25) is 0 Å². The molecule has 1 heteroatoms. The van der Waals surface area contributed by atoms with E-state index >= 15 is 0 Å². The third-order valence-electron chi connectivity index (χ3n) is 3.09. The first kappa shape index (κ1) is 9.05. The summed E-state index contributed by atoms with van der Waals surface area (Å²) >= 11 is 0. The van der Waals surface area contributed by atoms with Gasteiger partial charge >= 0.3 is 0 Å². The Morgan fingerprint density at radius 2 is 2.00 bits per heavy atom. The van der Waals surface area contributed by atoms with E-state index in [0.29, 0.717) is 0 Å². The molecule has 0 aromatic heterocycles. The highest BCUT2D eigenvalue weighted by atomic mass is 15.2. The summed E-state index contributed by atoms with van der Waals surface area (Å²) in [5.41, 5.74) is 0. The van der Waals surface area contributed by atoms with Crippen molar-refractivity contribution < 1.29 is 0 Å².